The molecule has 0 radical (unpaired) electrons. The molecule has 1 amide bonds. The van der Waals surface area contributed by atoms with Gasteiger partial charge in [0.25, 0.3) is 0 Å². The molecule has 0 aromatic carbocycles. The first-order valence-electron chi connectivity index (χ1n) is 6.93. The van der Waals surface area contributed by atoms with Crippen LogP contribution in [0.3, 0.4) is 0 Å². The van der Waals surface area contributed by atoms with Gasteiger partial charge in [0.2, 0.25) is 5.91 Å². The average Bonchev–Trinajstić information content (AvgIpc) is 2.87. The van der Waals surface area contributed by atoms with E-state index in [-0.39, 0.29) is 35.6 Å². The van der Waals surface area contributed by atoms with Crippen molar-refractivity contribution in [3.05, 3.63) is 21.9 Å². The maximum atomic E-state index is 12.1. The highest BCUT2D eigenvalue weighted by molar-refractivity contribution is 7.91. The molecule has 21 heavy (non-hydrogen) atoms. The Morgan fingerprint density at radius 3 is 2.57 bits per heavy atom. The number of nitrogens with one attached hydrogen (secondary N) is 1. The normalized spacial score (nSPS) is 20.6. The van der Waals surface area contributed by atoms with E-state index < -0.39 is 9.84 Å². The quantitative estimate of drug-likeness (QED) is 0.835. The summed E-state index contributed by atoms with van der Waals surface area (Å²) in [6.45, 7) is 3.94. The Morgan fingerprint density at radius 1 is 1.43 bits per heavy atom. The summed E-state index contributed by atoms with van der Waals surface area (Å²) < 4.78 is 24.4. The monoisotopic (exact) mass is 315 g/mol. The molecular weight excluding hydrogens is 294 g/mol. The fourth-order valence-electron chi connectivity index (χ4n) is 2.61. The molecular formula is C13H21N3O4S. The third kappa shape index (κ3) is 3.37. The van der Waals surface area contributed by atoms with Gasteiger partial charge in [0.1, 0.15) is 0 Å². The molecule has 1 aliphatic rings. The van der Waals surface area contributed by atoms with Crippen molar-refractivity contribution in [2.24, 2.45) is 0 Å². The first kappa shape index (κ1) is 15.8. The number of rotatable bonds is 4. The highest BCUT2D eigenvalue weighted by atomic mass is 32.2. The lowest BCUT2D eigenvalue weighted by Gasteiger charge is -2.23. The minimum atomic E-state index is -3.01. The number of hydrogen-bond donors (Lipinski definition) is 1. The van der Waals surface area contributed by atoms with Gasteiger partial charge in [-0.05, 0) is 20.3 Å². The number of amides is 1. The van der Waals surface area contributed by atoms with Gasteiger partial charge < -0.3 is 9.88 Å². The van der Waals surface area contributed by atoms with Crippen LogP contribution in [-0.4, -0.2) is 53.4 Å². The van der Waals surface area contributed by atoms with Gasteiger partial charge in [-0.25, -0.2) is 13.2 Å². The first-order chi connectivity index (χ1) is 9.71. The fourth-order valence-corrected chi connectivity index (χ4v) is 4.38. The number of aromatic amines is 1. The molecule has 2 heterocycles. The Hall–Kier alpha value is -1.57. The lowest BCUT2D eigenvalue weighted by molar-refractivity contribution is -0.131. The van der Waals surface area contributed by atoms with Gasteiger partial charge in [-0.2, -0.15) is 0 Å². The summed E-state index contributed by atoms with van der Waals surface area (Å²) in [6.07, 6.45) is 0.678. The van der Waals surface area contributed by atoms with Crippen molar-refractivity contribution in [2.75, 3.05) is 18.6 Å². The van der Waals surface area contributed by atoms with Gasteiger partial charge in [-0.15, -0.1) is 0 Å². The van der Waals surface area contributed by atoms with Crippen LogP contribution in [0.15, 0.2) is 4.79 Å². The largest absolute Gasteiger partial charge is 0.342 e. The molecule has 0 spiro atoms. The predicted octanol–water partition coefficient (Wildman–Crippen LogP) is -0.171. The molecule has 0 saturated carbocycles. The third-order valence-electron chi connectivity index (χ3n) is 4.19. The third-order valence-corrected chi connectivity index (χ3v) is 5.94. The van der Waals surface area contributed by atoms with Gasteiger partial charge >= 0.3 is 5.69 Å². The Bertz CT molecular complexity index is 701. The Balaban J connectivity index is 1.97. The summed E-state index contributed by atoms with van der Waals surface area (Å²) in [7, 11) is -1.37. The molecule has 0 aliphatic carbocycles. The molecule has 8 heteroatoms. The van der Waals surface area contributed by atoms with E-state index in [1.165, 1.54) is 9.47 Å². The van der Waals surface area contributed by atoms with Crippen LogP contribution in [0.1, 0.15) is 24.2 Å². The standard InChI is InChI=1S/C13H21N3O4S/c1-9-10(2)16(13(18)14-9)6-4-12(17)15(3)11-5-7-21(19,20)8-11/h11H,4-8H2,1-3H3,(H,14,18). The van der Waals surface area contributed by atoms with E-state index in [1.807, 2.05) is 13.8 Å². The molecule has 7 nitrogen and oxygen atoms in total. The van der Waals surface area contributed by atoms with Gasteiger partial charge in [0.05, 0.1) is 11.5 Å². The summed E-state index contributed by atoms with van der Waals surface area (Å²) in [4.78, 5) is 28.0. The van der Waals surface area contributed by atoms with E-state index in [9.17, 15) is 18.0 Å². The van der Waals surface area contributed by atoms with Crippen LogP contribution in [0.4, 0.5) is 0 Å². The van der Waals surface area contributed by atoms with Crippen LogP contribution in [-0.2, 0) is 21.2 Å². The number of aromatic nitrogens is 2. The smallest absolute Gasteiger partial charge is 0.325 e. The zero-order chi connectivity index (χ0) is 15.8. The predicted molar refractivity (Wildman–Crippen MR) is 79.0 cm³/mol. The number of imidazole rings is 1. The number of carbonyl (C=O) groups is 1. The molecule has 1 saturated heterocycles. The van der Waals surface area contributed by atoms with E-state index in [1.54, 1.807) is 7.05 Å². The fraction of sp³-hybridized carbons (Fsp3) is 0.692. The van der Waals surface area contributed by atoms with Crippen molar-refractivity contribution in [1.82, 2.24) is 14.5 Å². The van der Waals surface area contributed by atoms with Crippen molar-refractivity contribution >= 4 is 15.7 Å². The second-order valence-electron chi connectivity index (χ2n) is 5.60. The minimum Gasteiger partial charge on any atom is -0.342 e. The molecule has 0 bridgehead atoms. The van der Waals surface area contributed by atoms with Crippen LogP contribution in [0.5, 0.6) is 0 Å². The number of sulfone groups is 1. The topological polar surface area (TPSA) is 92.2 Å². The number of hydrogen-bond acceptors (Lipinski definition) is 4. The SMILES string of the molecule is Cc1[nH]c(=O)n(CCC(=O)N(C)C2CCS(=O)(=O)C2)c1C. The summed E-state index contributed by atoms with van der Waals surface area (Å²) >= 11 is 0. The number of aryl methyl sites for hydroxylation is 1. The Morgan fingerprint density at radius 2 is 2.10 bits per heavy atom. The van der Waals surface area contributed by atoms with E-state index >= 15 is 0 Å². The second-order valence-corrected chi connectivity index (χ2v) is 7.83. The minimum absolute atomic E-state index is 0.0392. The zero-order valence-electron chi connectivity index (χ0n) is 12.5. The lowest BCUT2D eigenvalue weighted by atomic mass is 10.2. The maximum Gasteiger partial charge on any atom is 0.325 e. The number of H-pyrrole nitrogens is 1. The van der Waals surface area contributed by atoms with E-state index in [2.05, 4.69) is 4.98 Å². The van der Waals surface area contributed by atoms with Crippen molar-refractivity contribution in [2.45, 2.75) is 39.3 Å². The van der Waals surface area contributed by atoms with Crippen molar-refractivity contribution in [3.63, 3.8) is 0 Å². The summed E-state index contributed by atoms with van der Waals surface area (Å²) in [6, 6.07) is -0.242. The highest BCUT2D eigenvalue weighted by Crippen LogP contribution is 2.17. The lowest BCUT2D eigenvalue weighted by Crippen LogP contribution is -2.38. The molecule has 118 valence electrons. The van der Waals surface area contributed by atoms with Crippen LogP contribution in [0.2, 0.25) is 0 Å². The van der Waals surface area contributed by atoms with Crippen LogP contribution in [0, 0.1) is 13.8 Å². The highest BCUT2D eigenvalue weighted by Gasteiger charge is 2.32. The summed E-state index contributed by atoms with van der Waals surface area (Å²) in [5.41, 5.74) is 1.39. The van der Waals surface area contributed by atoms with E-state index in [0.717, 1.165) is 11.4 Å². The van der Waals surface area contributed by atoms with Crippen molar-refractivity contribution in [1.29, 1.82) is 0 Å². The van der Waals surface area contributed by atoms with Crippen LogP contribution < -0.4 is 5.69 Å². The summed E-state index contributed by atoms with van der Waals surface area (Å²) in [5, 5.41) is 0. The molecule has 1 aromatic rings. The first-order valence-corrected chi connectivity index (χ1v) is 8.75. The van der Waals surface area contributed by atoms with Gasteiger partial charge in [0, 0.05) is 37.4 Å². The summed E-state index contributed by atoms with van der Waals surface area (Å²) in [5.74, 6) is 0.0461. The van der Waals surface area contributed by atoms with Crippen molar-refractivity contribution in [3.8, 4) is 0 Å². The molecule has 2 rings (SSSR count). The molecule has 1 unspecified atom stereocenters. The van der Waals surface area contributed by atoms with Gasteiger partial charge in [0.15, 0.2) is 9.84 Å². The molecule has 1 N–H and O–H groups in total. The maximum absolute atomic E-state index is 12.1. The number of nitrogens with zero attached hydrogens (tertiary/aromatic N) is 2. The Kier molecular flexibility index (Phi) is 4.27. The second kappa shape index (κ2) is 5.67. The number of carbonyl (C=O) groups excluding carboxylic acids is 1. The molecule has 1 fully saturated rings. The zero-order valence-corrected chi connectivity index (χ0v) is 13.4. The average molecular weight is 315 g/mol. The van der Waals surface area contributed by atoms with Gasteiger partial charge in [-0.1, -0.05) is 0 Å². The molecule has 1 aromatic heterocycles. The van der Waals surface area contributed by atoms with Crippen LogP contribution in [0.25, 0.3) is 0 Å². The molecule has 1 aliphatic heterocycles. The van der Waals surface area contributed by atoms with E-state index in [4.69, 9.17) is 0 Å². The van der Waals surface area contributed by atoms with Gasteiger partial charge in [-0.3, -0.25) is 9.36 Å². The molecule has 1 atom stereocenters. The van der Waals surface area contributed by atoms with Crippen molar-refractivity contribution < 1.29 is 13.2 Å². The van der Waals surface area contributed by atoms with Crippen LogP contribution >= 0.6 is 0 Å². The Labute approximate surface area is 123 Å². The van der Waals surface area contributed by atoms with E-state index in [0.29, 0.717) is 13.0 Å².